The SMILES string of the molecule is NCCOP(=O)(OO)OCC(O)CO. The lowest BCUT2D eigenvalue weighted by molar-refractivity contribution is -0.168. The Labute approximate surface area is 80.7 Å². The molecule has 0 aromatic heterocycles. The molecule has 0 heterocycles. The van der Waals surface area contributed by atoms with Crippen LogP contribution in [-0.2, 0) is 18.3 Å². The van der Waals surface area contributed by atoms with E-state index in [0.717, 1.165) is 0 Å². The summed E-state index contributed by atoms with van der Waals surface area (Å²) in [6.07, 6.45) is -1.22. The molecule has 0 aromatic rings. The van der Waals surface area contributed by atoms with E-state index in [1.807, 2.05) is 0 Å². The first-order valence-electron chi connectivity index (χ1n) is 3.79. The number of rotatable bonds is 8. The molecule has 0 aromatic carbocycles. The Kier molecular flexibility index (Phi) is 7.24. The Morgan fingerprint density at radius 3 is 2.50 bits per heavy atom. The normalized spacial score (nSPS) is 17.7. The maximum Gasteiger partial charge on any atom is 0.502 e. The zero-order valence-corrected chi connectivity index (χ0v) is 8.30. The third kappa shape index (κ3) is 5.63. The Morgan fingerprint density at radius 2 is 2.07 bits per heavy atom. The van der Waals surface area contributed by atoms with Crippen LogP contribution in [0.3, 0.4) is 0 Å². The molecule has 86 valence electrons. The van der Waals surface area contributed by atoms with Crippen molar-refractivity contribution in [1.82, 2.24) is 0 Å². The lowest BCUT2D eigenvalue weighted by atomic mass is 10.4. The molecule has 0 saturated heterocycles. The van der Waals surface area contributed by atoms with Crippen molar-refractivity contribution < 1.29 is 33.8 Å². The van der Waals surface area contributed by atoms with Gasteiger partial charge in [0.1, 0.15) is 6.10 Å². The number of hydrogen-bond acceptors (Lipinski definition) is 8. The van der Waals surface area contributed by atoms with Crippen LogP contribution >= 0.6 is 7.82 Å². The Balaban J connectivity index is 3.92. The molecule has 0 saturated carbocycles. The van der Waals surface area contributed by atoms with Crippen molar-refractivity contribution >= 4 is 7.82 Å². The first kappa shape index (κ1) is 13.9. The summed E-state index contributed by atoms with van der Waals surface area (Å²) in [6.45, 7) is -1.12. The van der Waals surface area contributed by atoms with Crippen molar-refractivity contribution in [2.75, 3.05) is 26.4 Å². The fourth-order valence-electron chi connectivity index (χ4n) is 0.479. The van der Waals surface area contributed by atoms with Gasteiger partial charge in [0.2, 0.25) is 0 Å². The summed E-state index contributed by atoms with van der Waals surface area (Å²) in [5, 5.41) is 25.4. The van der Waals surface area contributed by atoms with Crippen LogP contribution in [0, 0.1) is 0 Å². The molecule has 9 heteroatoms. The lowest BCUT2D eigenvalue weighted by Gasteiger charge is -2.15. The van der Waals surface area contributed by atoms with Gasteiger partial charge in [0.25, 0.3) is 0 Å². The predicted molar refractivity (Wildman–Crippen MR) is 45.4 cm³/mol. The molecule has 8 nitrogen and oxygen atoms in total. The second-order valence-corrected chi connectivity index (χ2v) is 3.86. The van der Waals surface area contributed by atoms with E-state index in [1.165, 1.54) is 0 Å². The van der Waals surface area contributed by atoms with Gasteiger partial charge in [-0.1, -0.05) is 0 Å². The van der Waals surface area contributed by atoms with Crippen LogP contribution in [-0.4, -0.2) is 47.9 Å². The van der Waals surface area contributed by atoms with E-state index in [1.54, 1.807) is 0 Å². The molecule has 2 atom stereocenters. The molecule has 0 fully saturated rings. The highest BCUT2D eigenvalue weighted by atomic mass is 31.2. The fourth-order valence-corrected chi connectivity index (χ4v) is 1.33. The number of phosphoric ester groups is 1. The predicted octanol–water partition coefficient (Wildman–Crippen LogP) is -1.07. The number of nitrogens with two attached hydrogens (primary N) is 1. The molecule has 5 N–H and O–H groups in total. The molecule has 14 heavy (non-hydrogen) atoms. The van der Waals surface area contributed by atoms with E-state index < -0.39 is 27.1 Å². The van der Waals surface area contributed by atoms with Crippen molar-refractivity contribution in [2.45, 2.75) is 6.10 Å². The van der Waals surface area contributed by atoms with Gasteiger partial charge in [-0.2, -0.15) is 0 Å². The smallest absolute Gasteiger partial charge is 0.394 e. The zero-order valence-electron chi connectivity index (χ0n) is 7.40. The van der Waals surface area contributed by atoms with Crippen LogP contribution in [0.4, 0.5) is 0 Å². The summed E-state index contributed by atoms with van der Waals surface area (Å²) in [6, 6.07) is 0. The van der Waals surface area contributed by atoms with Gasteiger partial charge < -0.3 is 15.9 Å². The monoisotopic (exact) mass is 231 g/mol. The van der Waals surface area contributed by atoms with Crippen molar-refractivity contribution in [3.8, 4) is 0 Å². The van der Waals surface area contributed by atoms with Crippen LogP contribution in [0.15, 0.2) is 0 Å². The summed E-state index contributed by atoms with van der Waals surface area (Å²) in [5.74, 6) is 0. The summed E-state index contributed by atoms with van der Waals surface area (Å²) in [5.41, 5.74) is 5.04. The Morgan fingerprint density at radius 1 is 1.43 bits per heavy atom. The molecule has 0 bridgehead atoms. The highest BCUT2D eigenvalue weighted by molar-refractivity contribution is 7.48. The second-order valence-electron chi connectivity index (χ2n) is 2.28. The van der Waals surface area contributed by atoms with Crippen LogP contribution in [0.2, 0.25) is 0 Å². The molecule has 0 aliphatic carbocycles. The minimum atomic E-state index is -4.08. The number of aliphatic hydroxyl groups excluding tert-OH is 2. The van der Waals surface area contributed by atoms with E-state index in [2.05, 4.69) is 13.7 Å². The minimum Gasteiger partial charge on any atom is -0.394 e. The van der Waals surface area contributed by atoms with Crippen LogP contribution in [0.25, 0.3) is 0 Å². The fraction of sp³-hybridized carbons (Fsp3) is 1.00. The molecule has 0 amide bonds. The Bertz CT molecular complexity index is 189. The highest BCUT2D eigenvalue weighted by Gasteiger charge is 2.27. The van der Waals surface area contributed by atoms with E-state index in [-0.39, 0.29) is 13.2 Å². The molecule has 0 spiro atoms. The quantitative estimate of drug-likeness (QED) is 0.236. The van der Waals surface area contributed by atoms with Crippen molar-refractivity contribution in [3.63, 3.8) is 0 Å². The molecule has 0 rings (SSSR count). The van der Waals surface area contributed by atoms with Crippen molar-refractivity contribution in [3.05, 3.63) is 0 Å². The lowest BCUT2D eigenvalue weighted by Crippen LogP contribution is -2.19. The first-order valence-corrected chi connectivity index (χ1v) is 5.25. The van der Waals surface area contributed by atoms with Gasteiger partial charge in [-0.05, 0) is 0 Å². The van der Waals surface area contributed by atoms with E-state index in [0.29, 0.717) is 0 Å². The van der Waals surface area contributed by atoms with Gasteiger partial charge in [-0.3, -0.25) is 9.05 Å². The molecular weight excluding hydrogens is 217 g/mol. The van der Waals surface area contributed by atoms with Gasteiger partial charge in [0, 0.05) is 6.54 Å². The maximum absolute atomic E-state index is 11.2. The van der Waals surface area contributed by atoms with E-state index in [4.69, 9.17) is 21.2 Å². The Hall–Kier alpha value is -0.0500. The van der Waals surface area contributed by atoms with Crippen molar-refractivity contribution in [1.29, 1.82) is 0 Å². The van der Waals surface area contributed by atoms with E-state index in [9.17, 15) is 4.57 Å². The second kappa shape index (κ2) is 7.27. The van der Waals surface area contributed by atoms with Gasteiger partial charge in [-0.25, -0.2) is 9.82 Å². The van der Waals surface area contributed by atoms with E-state index >= 15 is 0 Å². The van der Waals surface area contributed by atoms with Crippen LogP contribution in [0.1, 0.15) is 0 Å². The standard InChI is InChI=1S/C5H14NO7P/c6-1-2-11-14(10,13-9)12-4-5(8)3-7/h5,7-9H,1-4,6H2. The van der Waals surface area contributed by atoms with Crippen molar-refractivity contribution in [2.24, 2.45) is 5.73 Å². The summed E-state index contributed by atoms with van der Waals surface area (Å²) >= 11 is 0. The largest absolute Gasteiger partial charge is 0.502 e. The first-order chi connectivity index (χ1) is 6.58. The summed E-state index contributed by atoms with van der Waals surface area (Å²) in [7, 11) is -4.08. The molecule has 0 radical (unpaired) electrons. The van der Waals surface area contributed by atoms with Gasteiger partial charge in [-0.15, -0.1) is 4.67 Å². The molecule has 2 unspecified atom stereocenters. The van der Waals surface area contributed by atoms with Crippen LogP contribution in [0.5, 0.6) is 0 Å². The highest BCUT2D eigenvalue weighted by Crippen LogP contribution is 2.48. The van der Waals surface area contributed by atoms with Crippen LogP contribution < -0.4 is 5.73 Å². The molecule has 0 aliphatic heterocycles. The van der Waals surface area contributed by atoms with Gasteiger partial charge in [0.15, 0.2) is 0 Å². The molecular formula is C5H14NO7P. The summed E-state index contributed by atoms with van der Waals surface area (Å²) in [4.78, 5) is 0. The third-order valence-corrected chi connectivity index (χ3v) is 2.27. The van der Waals surface area contributed by atoms with Gasteiger partial charge in [0.05, 0.1) is 19.8 Å². The number of phosphoric acid groups is 1. The topological polar surface area (TPSA) is 131 Å². The summed E-state index contributed by atoms with van der Waals surface area (Å²) < 4.78 is 23.6. The van der Waals surface area contributed by atoms with Gasteiger partial charge >= 0.3 is 7.82 Å². The molecule has 0 aliphatic rings. The number of aliphatic hydroxyl groups is 2. The zero-order chi connectivity index (χ0) is 11.0. The number of hydrogen-bond donors (Lipinski definition) is 4. The average Bonchev–Trinajstić information content (AvgIpc) is 2.23. The maximum atomic E-state index is 11.2. The average molecular weight is 231 g/mol. The third-order valence-electron chi connectivity index (χ3n) is 1.10. The minimum absolute atomic E-state index is 0.0687.